The number of Topliss-reactive ketones (excluding diaryl/α,β-unsaturated/α-hetero) is 1. The highest BCUT2D eigenvalue weighted by Crippen LogP contribution is 2.69. The van der Waals surface area contributed by atoms with Crippen molar-refractivity contribution in [1.82, 2.24) is 0 Å². The minimum Gasteiger partial charge on any atom is -0.303 e. The second kappa shape index (κ2) is 2.05. The average Bonchev–Trinajstić information content (AvgIpc) is 2.34. The number of hydrogen-bond donors (Lipinski definition) is 0. The van der Waals surface area contributed by atoms with Crippen molar-refractivity contribution < 1.29 is 9.59 Å². The Morgan fingerprint density at radius 3 is 2.08 bits per heavy atom. The minimum absolute atomic E-state index is 0.140. The van der Waals surface area contributed by atoms with Crippen molar-refractivity contribution in [1.29, 1.82) is 0 Å². The molecule has 0 unspecified atom stereocenters. The number of hydrogen-bond acceptors (Lipinski definition) is 2. The summed E-state index contributed by atoms with van der Waals surface area (Å²) in [6.45, 7) is 6.16. The molecular weight excluding hydrogens is 164 g/mol. The molecule has 2 heteroatoms. The van der Waals surface area contributed by atoms with Gasteiger partial charge in [0.2, 0.25) is 0 Å². The van der Waals surface area contributed by atoms with Gasteiger partial charge in [-0.05, 0) is 18.3 Å². The number of carbonyl (C=O) groups excluding carboxylic acids is 2. The molecule has 0 aromatic carbocycles. The molecule has 2 saturated carbocycles. The van der Waals surface area contributed by atoms with E-state index in [0.717, 1.165) is 19.1 Å². The third-order valence-corrected chi connectivity index (χ3v) is 5.01. The molecule has 2 bridgehead atoms. The van der Waals surface area contributed by atoms with Gasteiger partial charge in [-0.2, -0.15) is 0 Å². The first-order chi connectivity index (χ1) is 5.90. The highest BCUT2D eigenvalue weighted by molar-refractivity contribution is 5.94. The molecule has 0 radical (unpaired) electrons. The molecular formula is C11H16O2. The summed E-state index contributed by atoms with van der Waals surface area (Å²) >= 11 is 0. The third kappa shape index (κ3) is 0.673. The molecule has 0 N–H and O–H groups in total. The maximum Gasteiger partial charge on any atom is 0.140 e. The quantitative estimate of drug-likeness (QED) is 0.578. The second-order valence-corrected chi connectivity index (χ2v) is 5.33. The van der Waals surface area contributed by atoms with Crippen LogP contribution in [0.1, 0.15) is 40.0 Å². The van der Waals surface area contributed by atoms with Crippen LogP contribution >= 0.6 is 0 Å². The van der Waals surface area contributed by atoms with Crippen LogP contribution in [0.2, 0.25) is 0 Å². The van der Waals surface area contributed by atoms with Crippen LogP contribution in [0, 0.1) is 16.2 Å². The Morgan fingerprint density at radius 2 is 1.85 bits per heavy atom. The molecule has 2 atom stereocenters. The summed E-state index contributed by atoms with van der Waals surface area (Å²) in [5, 5.41) is 0. The Morgan fingerprint density at radius 1 is 1.23 bits per heavy atom. The summed E-state index contributed by atoms with van der Waals surface area (Å²) in [5.41, 5.74) is -0.731. The number of rotatable bonds is 1. The molecule has 0 spiro atoms. The Balaban J connectivity index is 2.59. The lowest BCUT2D eigenvalue weighted by Gasteiger charge is -2.36. The summed E-state index contributed by atoms with van der Waals surface area (Å²) < 4.78 is 0. The summed E-state index contributed by atoms with van der Waals surface area (Å²) in [6, 6.07) is 0. The highest BCUT2D eigenvalue weighted by Gasteiger charge is 2.69. The predicted octanol–water partition coefficient (Wildman–Crippen LogP) is 1.97. The van der Waals surface area contributed by atoms with Crippen LogP contribution in [0.15, 0.2) is 0 Å². The fourth-order valence-electron chi connectivity index (χ4n) is 3.17. The first-order valence-corrected chi connectivity index (χ1v) is 4.89. The molecule has 0 heterocycles. The number of aldehydes is 1. The van der Waals surface area contributed by atoms with Crippen LogP contribution in [0.3, 0.4) is 0 Å². The molecule has 0 aliphatic heterocycles. The lowest BCUT2D eigenvalue weighted by atomic mass is 9.66. The van der Waals surface area contributed by atoms with Crippen molar-refractivity contribution in [3.8, 4) is 0 Å². The first kappa shape index (κ1) is 8.92. The molecule has 0 saturated heterocycles. The van der Waals surface area contributed by atoms with Crippen LogP contribution in [-0.4, -0.2) is 12.1 Å². The average molecular weight is 180 g/mol. The Labute approximate surface area is 78.7 Å². The summed E-state index contributed by atoms with van der Waals surface area (Å²) in [4.78, 5) is 22.9. The van der Waals surface area contributed by atoms with Crippen LogP contribution in [0.5, 0.6) is 0 Å². The van der Waals surface area contributed by atoms with E-state index < -0.39 is 0 Å². The smallest absolute Gasteiger partial charge is 0.140 e. The lowest BCUT2D eigenvalue weighted by molar-refractivity contribution is -0.128. The SMILES string of the molecule is CC1(C)[C@]2(C=O)CC[C@@]1(C)C(=O)C2. The van der Waals surface area contributed by atoms with Gasteiger partial charge in [0, 0.05) is 17.3 Å². The van der Waals surface area contributed by atoms with Gasteiger partial charge in [-0.3, -0.25) is 4.79 Å². The minimum atomic E-state index is -0.348. The lowest BCUT2D eigenvalue weighted by Crippen LogP contribution is -2.36. The molecule has 0 aromatic rings. The van der Waals surface area contributed by atoms with Crippen LogP contribution in [-0.2, 0) is 9.59 Å². The highest BCUT2D eigenvalue weighted by atomic mass is 16.1. The van der Waals surface area contributed by atoms with Gasteiger partial charge >= 0.3 is 0 Å². The van der Waals surface area contributed by atoms with Gasteiger partial charge in [0.1, 0.15) is 12.1 Å². The third-order valence-electron chi connectivity index (χ3n) is 5.01. The molecule has 2 nitrogen and oxygen atoms in total. The fourth-order valence-corrected chi connectivity index (χ4v) is 3.17. The van der Waals surface area contributed by atoms with Gasteiger partial charge in [0.15, 0.2) is 0 Å². The van der Waals surface area contributed by atoms with Crippen molar-refractivity contribution in [2.75, 3.05) is 0 Å². The van der Waals surface area contributed by atoms with E-state index in [-0.39, 0.29) is 22.0 Å². The van der Waals surface area contributed by atoms with Crippen molar-refractivity contribution in [2.45, 2.75) is 40.0 Å². The van der Waals surface area contributed by atoms with Gasteiger partial charge < -0.3 is 4.79 Å². The summed E-state index contributed by atoms with van der Waals surface area (Å²) in [7, 11) is 0. The van der Waals surface area contributed by atoms with E-state index in [2.05, 4.69) is 13.8 Å². The molecule has 2 rings (SSSR count). The molecule has 2 aliphatic carbocycles. The summed E-state index contributed by atoms with van der Waals surface area (Å²) in [6.07, 6.45) is 3.28. The van der Waals surface area contributed by atoms with Crippen molar-refractivity contribution in [3.63, 3.8) is 0 Å². The van der Waals surface area contributed by atoms with E-state index >= 15 is 0 Å². The molecule has 72 valence electrons. The van der Waals surface area contributed by atoms with E-state index in [1.165, 1.54) is 0 Å². The topological polar surface area (TPSA) is 34.1 Å². The van der Waals surface area contributed by atoms with Crippen LogP contribution in [0.25, 0.3) is 0 Å². The second-order valence-electron chi connectivity index (χ2n) is 5.33. The Bertz CT molecular complexity index is 292. The molecule has 2 fully saturated rings. The zero-order valence-corrected chi connectivity index (χ0v) is 8.52. The van der Waals surface area contributed by atoms with Gasteiger partial charge in [-0.25, -0.2) is 0 Å². The molecule has 0 aromatic heterocycles. The molecule has 2 aliphatic rings. The normalized spacial score (nSPS) is 46.8. The van der Waals surface area contributed by atoms with Crippen molar-refractivity contribution in [3.05, 3.63) is 0 Å². The van der Waals surface area contributed by atoms with Crippen molar-refractivity contribution >= 4 is 12.1 Å². The number of ketones is 1. The predicted molar refractivity (Wildman–Crippen MR) is 49.2 cm³/mol. The van der Waals surface area contributed by atoms with Gasteiger partial charge in [-0.15, -0.1) is 0 Å². The van der Waals surface area contributed by atoms with Gasteiger partial charge in [-0.1, -0.05) is 20.8 Å². The Hall–Kier alpha value is -0.660. The van der Waals surface area contributed by atoms with Gasteiger partial charge in [0.05, 0.1) is 0 Å². The number of carbonyl (C=O) groups is 2. The Kier molecular flexibility index (Phi) is 1.40. The maximum absolute atomic E-state index is 11.8. The zero-order valence-electron chi connectivity index (χ0n) is 8.52. The number of fused-ring (bicyclic) bond motifs is 2. The van der Waals surface area contributed by atoms with E-state index in [4.69, 9.17) is 0 Å². The monoisotopic (exact) mass is 180 g/mol. The van der Waals surface area contributed by atoms with Crippen LogP contribution in [0.4, 0.5) is 0 Å². The fraction of sp³-hybridized carbons (Fsp3) is 0.818. The molecule has 13 heavy (non-hydrogen) atoms. The molecule has 0 amide bonds. The maximum atomic E-state index is 11.8. The van der Waals surface area contributed by atoms with E-state index in [1.807, 2.05) is 6.92 Å². The van der Waals surface area contributed by atoms with Crippen molar-refractivity contribution in [2.24, 2.45) is 16.2 Å². The summed E-state index contributed by atoms with van der Waals surface area (Å²) in [5.74, 6) is 0.288. The first-order valence-electron chi connectivity index (χ1n) is 4.89. The van der Waals surface area contributed by atoms with E-state index in [9.17, 15) is 9.59 Å². The van der Waals surface area contributed by atoms with E-state index in [1.54, 1.807) is 0 Å². The standard InChI is InChI=1S/C11H16O2/c1-9(2)10(3)4-5-11(9,7-12)6-8(10)13/h7H,4-6H2,1-3H3/t10-,11+/m0/s1. The van der Waals surface area contributed by atoms with Gasteiger partial charge in [0.25, 0.3) is 0 Å². The van der Waals surface area contributed by atoms with E-state index in [0.29, 0.717) is 6.42 Å². The zero-order chi connectivity index (χ0) is 9.91. The van der Waals surface area contributed by atoms with Crippen LogP contribution < -0.4 is 0 Å². The largest absolute Gasteiger partial charge is 0.303 e.